The number of aryl methyl sites for hydroxylation is 1. The fourth-order valence-corrected chi connectivity index (χ4v) is 2.73. The van der Waals surface area contributed by atoms with Crippen molar-refractivity contribution in [3.63, 3.8) is 0 Å². The average Bonchev–Trinajstić information content (AvgIpc) is 2.78. The minimum absolute atomic E-state index is 0.0378. The minimum Gasteiger partial charge on any atom is -0.494 e. The number of aromatic nitrogens is 2. The summed E-state index contributed by atoms with van der Waals surface area (Å²) in [6.07, 6.45) is 1.21. The fraction of sp³-hybridized carbons (Fsp3) is 0.182. The maximum absolute atomic E-state index is 13.2. The molecule has 0 aliphatic rings. The Morgan fingerprint density at radius 3 is 2.74 bits per heavy atom. The van der Waals surface area contributed by atoms with Gasteiger partial charge in [0.2, 0.25) is 0 Å². The molecule has 8 heteroatoms. The quantitative estimate of drug-likeness (QED) is 0.895. The van der Waals surface area contributed by atoms with Crippen LogP contribution >= 0.6 is 0 Å². The minimum atomic E-state index is -3.76. The van der Waals surface area contributed by atoms with E-state index in [0.29, 0.717) is 5.69 Å². The van der Waals surface area contributed by atoms with Crippen LogP contribution in [0.4, 0.5) is 10.1 Å². The van der Waals surface area contributed by atoms with E-state index in [2.05, 4.69) is 14.9 Å². The van der Waals surface area contributed by atoms with Crippen LogP contribution in [0.1, 0.15) is 5.69 Å². The Bertz CT molecular complexity index is 697. The second kappa shape index (κ2) is 4.88. The van der Waals surface area contributed by atoms with E-state index in [1.807, 2.05) is 0 Å². The Balaban J connectivity index is 2.34. The van der Waals surface area contributed by atoms with Crippen LogP contribution in [0.15, 0.2) is 29.3 Å². The predicted molar refractivity (Wildman–Crippen MR) is 67.1 cm³/mol. The van der Waals surface area contributed by atoms with Crippen molar-refractivity contribution in [2.45, 2.75) is 11.8 Å². The van der Waals surface area contributed by atoms with Crippen molar-refractivity contribution < 1.29 is 17.5 Å². The van der Waals surface area contributed by atoms with Crippen LogP contribution in [0.2, 0.25) is 0 Å². The molecule has 19 heavy (non-hydrogen) atoms. The number of H-pyrrole nitrogens is 1. The van der Waals surface area contributed by atoms with Crippen molar-refractivity contribution in [3.8, 4) is 5.75 Å². The molecule has 1 aromatic heterocycles. The molecular weight excluding hydrogens is 273 g/mol. The summed E-state index contributed by atoms with van der Waals surface area (Å²) in [4.78, 5) is 0.0378. The molecule has 2 aromatic rings. The number of rotatable bonds is 4. The Hall–Kier alpha value is -2.09. The molecule has 0 saturated carbocycles. The average molecular weight is 285 g/mol. The van der Waals surface area contributed by atoms with Crippen LogP contribution in [0.5, 0.6) is 5.75 Å². The molecule has 0 fully saturated rings. The molecule has 0 atom stereocenters. The summed E-state index contributed by atoms with van der Waals surface area (Å²) in [6, 6.07) is 3.70. The monoisotopic (exact) mass is 285 g/mol. The topological polar surface area (TPSA) is 84.1 Å². The molecule has 0 bridgehead atoms. The van der Waals surface area contributed by atoms with E-state index >= 15 is 0 Å². The summed E-state index contributed by atoms with van der Waals surface area (Å²) < 4.78 is 44.5. The van der Waals surface area contributed by atoms with E-state index < -0.39 is 15.8 Å². The van der Waals surface area contributed by atoms with Crippen molar-refractivity contribution in [2.75, 3.05) is 11.8 Å². The highest BCUT2D eigenvalue weighted by Crippen LogP contribution is 2.24. The van der Waals surface area contributed by atoms with Crippen LogP contribution in [-0.2, 0) is 10.0 Å². The highest BCUT2D eigenvalue weighted by Gasteiger charge is 2.19. The fourth-order valence-electron chi connectivity index (χ4n) is 1.54. The summed E-state index contributed by atoms with van der Waals surface area (Å²) in [6.45, 7) is 1.59. The zero-order chi connectivity index (χ0) is 14.0. The number of nitrogens with zero attached hydrogens (tertiary/aromatic N) is 1. The Morgan fingerprint density at radius 2 is 2.16 bits per heavy atom. The molecular formula is C11H12FN3O3S. The van der Waals surface area contributed by atoms with Crippen molar-refractivity contribution in [2.24, 2.45) is 0 Å². The van der Waals surface area contributed by atoms with E-state index in [1.165, 1.54) is 25.4 Å². The number of anilines is 1. The molecule has 0 aliphatic heterocycles. The number of hydrogen-bond donors (Lipinski definition) is 2. The molecule has 0 aliphatic carbocycles. The van der Waals surface area contributed by atoms with Gasteiger partial charge in [-0.05, 0) is 19.1 Å². The lowest BCUT2D eigenvalue weighted by Gasteiger charge is -2.09. The van der Waals surface area contributed by atoms with Gasteiger partial charge in [0, 0.05) is 6.07 Å². The molecule has 1 aromatic carbocycles. The Labute approximate surface area is 109 Å². The van der Waals surface area contributed by atoms with Crippen LogP contribution in [-0.4, -0.2) is 25.7 Å². The van der Waals surface area contributed by atoms with Crippen molar-refractivity contribution in [1.29, 1.82) is 0 Å². The largest absolute Gasteiger partial charge is 0.494 e. The normalized spacial score (nSPS) is 11.3. The van der Waals surface area contributed by atoms with E-state index in [-0.39, 0.29) is 16.3 Å². The second-order valence-electron chi connectivity index (χ2n) is 3.81. The molecule has 2 N–H and O–H groups in total. The van der Waals surface area contributed by atoms with Gasteiger partial charge in [0.15, 0.2) is 11.6 Å². The first-order valence-corrected chi connectivity index (χ1v) is 6.78. The highest BCUT2D eigenvalue weighted by atomic mass is 32.2. The molecule has 0 saturated heterocycles. The maximum atomic E-state index is 13.2. The molecule has 2 rings (SSSR count). The van der Waals surface area contributed by atoms with Gasteiger partial charge in [-0.25, -0.2) is 12.8 Å². The smallest absolute Gasteiger partial charge is 0.265 e. The third-order valence-corrected chi connectivity index (χ3v) is 3.97. The van der Waals surface area contributed by atoms with Crippen molar-refractivity contribution in [3.05, 3.63) is 35.9 Å². The lowest BCUT2D eigenvalue weighted by Crippen LogP contribution is -2.13. The molecule has 0 amide bonds. The Morgan fingerprint density at radius 1 is 1.42 bits per heavy atom. The first kappa shape index (κ1) is 13.3. The summed E-state index contributed by atoms with van der Waals surface area (Å²) in [5.41, 5.74) is 0.625. The zero-order valence-electron chi connectivity index (χ0n) is 10.3. The summed E-state index contributed by atoms with van der Waals surface area (Å²) in [7, 11) is -2.46. The number of methoxy groups -OCH3 is 1. The third-order valence-electron chi connectivity index (χ3n) is 2.48. The van der Waals surface area contributed by atoms with Gasteiger partial charge in [0.05, 0.1) is 24.7 Å². The lowest BCUT2D eigenvalue weighted by atomic mass is 10.3. The standard InChI is InChI=1S/C11H12FN3O3S/c1-7-11(6-13-14-7)19(16,17)15-8-3-4-9(12)10(5-8)18-2/h3-6,15H,1-2H3,(H,13,14). The number of nitrogens with one attached hydrogen (secondary N) is 2. The SMILES string of the molecule is COc1cc(NS(=O)(=O)c2cn[nH]c2C)ccc1F. The van der Waals surface area contributed by atoms with Gasteiger partial charge in [-0.1, -0.05) is 0 Å². The number of hydrogen-bond acceptors (Lipinski definition) is 4. The molecule has 0 unspecified atom stereocenters. The summed E-state index contributed by atoms with van der Waals surface area (Å²) in [5, 5.41) is 6.19. The maximum Gasteiger partial charge on any atom is 0.265 e. The second-order valence-corrected chi connectivity index (χ2v) is 5.46. The number of sulfonamides is 1. The van der Waals surface area contributed by atoms with Gasteiger partial charge in [0.1, 0.15) is 4.90 Å². The summed E-state index contributed by atoms with van der Waals surface area (Å²) >= 11 is 0. The van der Waals surface area contributed by atoms with Gasteiger partial charge in [-0.3, -0.25) is 9.82 Å². The number of halogens is 1. The first-order valence-electron chi connectivity index (χ1n) is 5.30. The predicted octanol–water partition coefficient (Wildman–Crippen LogP) is 1.67. The van der Waals surface area contributed by atoms with Crippen molar-refractivity contribution in [1.82, 2.24) is 10.2 Å². The van der Waals surface area contributed by atoms with Crippen LogP contribution in [0.25, 0.3) is 0 Å². The number of ether oxygens (including phenoxy) is 1. The number of aromatic amines is 1. The van der Waals surface area contributed by atoms with E-state index in [4.69, 9.17) is 4.74 Å². The highest BCUT2D eigenvalue weighted by molar-refractivity contribution is 7.92. The van der Waals surface area contributed by atoms with Gasteiger partial charge >= 0.3 is 0 Å². The van der Waals surface area contributed by atoms with Crippen LogP contribution in [0, 0.1) is 12.7 Å². The first-order chi connectivity index (χ1) is 8.94. The molecule has 102 valence electrons. The van der Waals surface area contributed by atoms with Gasteiger partial charge in [0.25, 0.3) is 10.0 Å². The molecule has 1 heterocycles. The van der Waals surface area contributed by atoms with Gasteiger partial charge < -0.3 is 4.74 Å². The van der Waals surface area contributed by atoms with E-state index in [1.54, 1.807) is 6.92 Å². The molecule has 0 spiro atoms. The van der Waals surface area contributed by atoms with E-state index in [0.717, 1.165) is 6.07 Å². The molecule has 0 radical (unpaired) electrons. The summed E-state index contributed by atoms with van der Waals surface area (Å²) in [5.74, 6) is -0.603. The van der Waals surface area contributed by atoms with E-state index in [9.17, 15) is 12.8 Å². The zero-order valence-corrected chi connectivity index (χ0v) is 11.1. The van der Waals surface area contributed by atoms with Crippen LogP contribution < -0.4 is 9.46 Å². The number of benzene rings is 1. The Kier molecular flexibility index (Phi) is 3.43. The lowest BCUT2D eigenvalue weighted by molar-refractivity contribution is 0.387. The van der Waals surface area contributed by atoms with Crippen molar-refractivity contribution >= 4 is 15.7 Å². The van der Waals surface area contributed by atoms with Gasteiger partial charge in [-0.2, -0.15) is 5.10 Å². The van der Waals surface area contributed by atoms with Crippen LogP contribution in [0.3, 0.4) is 0 Å². The molecule has 6 nitrogen and oxygen atoms in total. The third kappa shape index (κ3) is 2.68. The van der Waals surface area contributed by atoms with Gasteiger partial charge in [-0.15, -0.1) is 0 Å².